The van der Waals surface area contributed by atoms with Crippen molar-refractivity contribution in [1.29, 1.82) is 0 Å². The Labute approximate surface area is 180 Å². The van der Waals surface area contributed by atoms with Crippen LogP contribution < -0.4 is 26.0 Å². The van der Waals surface area contributed by atoms with Crippen LogP contribution in [0.2, 0.25) is 0 Å². The van der Waals surface area contributed by atoms with Gasteiger partial charge in [-0.15, -0.1) is 0 Å². The molecule has 1 aliphatic heterocycles. The third-order valence-electron chi connectivity index (χ3n) is 5.11. The highest BCUT2D eigenvalue weighted by Gasteiger charge is 2.18. The van der Waals surface area contributed by atoms with Gasteiger partial charge >= 0.3 is 5.69 Å². The number of pyridine rings is 1. The van der Waals surface area contributed by atoms with Crippen LogP contribution in [-0.2, 0) is 24.4 Å². The van der Waals surface area contributed by atoms with E-state index >= 15 is 0 Å². The van der Waals surface area contributed by atoms with Gasteiger partial charge in [0.25, 0.3) is 5.56 Å². The maximum Gasteiger partial charge on any atom is 0.332 e. The third kappa shape index (κ3) is 3.62. The minimum Gasteiger partial charge on any atom is -0.467 e. The largest absolute Gasteiger partial charge is 0.467 e. The number of furan rings is 1. The summed E-state index contributed by atoms with van der Waals surface area (Å²) >= 11 is 0. The first-order valence-corrected chi connectivity index (χ1v) is 9.86. The molecule has 162 valence electrons. The van der Waals surface area contributed by atoms with Gasteiger partial charge in [-0.1, -0.05) is 6.07 Å². The van der Waals surface area contributed by atoms with E-state index in [1.165, 1.54) is 17.0 Å². The van der Waals surface area contributed by atoms with E-state index < -0.39 is 17.2 Å². The van der Waals surface area contributed by atoms with Gasteiger partial charge in [0, 0.05) is 6.20 Å². The number of nitrogens with one attached hydrogen (secondary N) is 1. The number of fused-ring (bicyclic) bond motifs is 2. The summed E-state index contributed by atoms with van der Waals surface area (Å²) in [5, 5.41) is 2.71. The number of rotatable bonds is 6. The second kappa shape index (κ2) is 8.06. The van der Waals surface area contributed by atoms with Crippen molar-refractivity contribution in [2.45, 2.75) is 19.6 Å². The molecule has 0 aliphatic carbocycles. The predicted molar refractivity (Wildman–Crippen MR) is 112 cm³/mol. The zero-order valence-electron chi connectivity index (χ0n) is 16.8. The van der Waals surface area contributed by atoms with Gasteiger partial charge in [-0.25, -0.2) is 9.78 Å². The fourth-order valence-corrected chi connectivity index (χ4v) is 3.56. The Balaban J connectivity index is 1.50. The molecular formula is C22H18N4O6. The van der Waals surface area contributed by atoms with Crippen LogP contribution in [-0.4, -0.2) is 26.8 Å². The number of hydrogen-bond donors (Lipinski definition) is 1. The van der Waals surface area contributed by atoms with Crippen molar-refractivity contribution in [3.05, 3.63) is 87.1 Å². The maximum atomic E-state index is 13.3. The average molecular weight is 434 g/mol. The van der Waals surface area contributed by atoms with E-state index in [9.17, 15) is 14.4 Å². The van der Waals surface area contributed by atoms with Crippen molar-refractivity contribution < 1.29 is 18.7 Å². The molecule has 4 heterocycles. The molecule has 0 bridgehead atoms. The Hall–Kier alpha value is -4.34. The fourth-order valence-electron chi connectivity index (χ4n) is 3.56. The van der Waals surface area contributed by atoms with Gasteiger partial charge in [-0.3, -0.25) is 18.7 Å². The fraction of sp³-hybridized carbons (Fsp3) is 0.182. The Morgan fingerprint density at radius 2 is 1.94 bits per heavy atom. The topological polar surface area (TPSA) is 118 Å². The van der Waals surface area contributed by atoms with Crippen LogP contribution in [0.5, 0.6) is 11.5 Å². The molecule has 0 saturated heterocycles. The van der Waals surface area contributed by atoms with Crippen LogP contribution >= 0.6 is 0 Å². The summed E-state index contributed by atoms with van der Waals surface area (Å²) in [6.07, 6.45) is 2.98. The number of ether oxygens (including phenoxy) is 2. The molecule has 10 nitrogen and oxygen atoms in total. The molecule has 0 radical (unpaired) electrons. The normalized spacial score (nSPS) is 12.2. The Morgan fingerprint density at radius 1 is 1.06 bits per heavy atom. The second-order valence-corrected chi connectivity index (χ2v) is 7.17. The molecule has 10 heteroatoms. The molecule has 1 aliphatic rings. The number of carbonyl (C=O) groups is 1. The standard InChI is InChI=1S/C22H18N4O6/c27-19(24-10-15-3-2-8-30-15)12-25-16-4-1-7-23-20(16)21(28)26(22(25)29)11-14-5-6-17-18(9-14)32-13-31-17/h1-9H,10-13H2,(H,24,27). The number of carbonyl (C=O) groups excluding carboxylic acids is 1. The van der Waals surface area contributed by atoms with Gasteiger partial charge in [-0.2, -0.15) is 0 Å². The van der Waals surface area contributed by atoms with Crippen LogP contribution in [0.4, 0.5) is 0 Å². The van der Waals surface area contributed by atoms with Crippen LogP contribution in [0, 0.1) is 0 Å². The molecule has 4 aromatic rings. The molecule has 0 fully saturated rings. The predicted octanol–water partition coefficient (Wildman–Crippen LogP) is 1.24. The lowest BCUT2D eigenvalue weighted by Crippen LogP contribution is -2.43. The summed E-state index contributed by atoms with van der Waals surface area (Å²) in [5.41, 5.74) is -0.0707. The quantitative estimate of drug-likeness (QED) is 0.485. The van der Waals surface area contributed by atoms with Crippen molar-refractivity contribution in [1.82, 2.24) is 19.4 Å². The zero-order valence-corrected chi connectivity index (χ0v) is 16.8. The molecule has 1 N–H and O–H groups in total. The van der Waals surface area contributed by atoms with Gasteiger partial charge in [0.15, 0.2) is 17.0 Å². The lowest BCUT2D eigenvalue weighted by atomic mass is 10.2. The van der Waals surface area contributed by atoms with E-state index in [1.807, 2.05) is 0 Å². The molecule has 1 aromatic carbocycles. The Morgan fingerprint density at radius 3 is 2.78 bits per heavy atom. The summed E-state index contributed by atoms with van der Waals surface area (Å²) in [6, 6.07) is 11.9. The SMILES string of the molecule is O=C(Cn1c(=O)n(Cc2ccc3c(c2)OCO3)c(=O)c2ncccc21)NCc1ccco1. The van der Waals surface area contributed by atoms with Crippen molar-refractivity contribution >= 4 is 16.9 Å². The number of aromatic nitrogens is 3. The average Bonchev–Trinajstić information content (AvgIpc) is 3.50. The molecule has 32 heavy (non-hydrogen) atoms. The first-order valence-electron chi connectivity index (χ1n) is 9.86. The molecule has 3 aromatic heterocycles. The number of benzene rings is 1. The summed E-state index contributed by atoms with van der Waals surface area (Å²) in [6.45, 7) is 0.0319. The summed E-state index contributed by atoms with van der Waals surface area (Å²) < 4.78 is 18.2. The first-order chi connectivity index (χ1) is 15.6. The van der Waals surface area contributed by atoms with Crippen molar-refractivity contribution in [2.24, 2.45) is 0 Å². The minimum atomic E-state index is -0.610. The second-order valence-electron chi connectivity index (χ2n) is 7.17. The molecular weight excluding hydrogens is 416 g/mol. The summed E-state index contributed by atoms with van der Waals surface area (Å²) in [4.78, 5) is 43.0. The third-order valence-corrected chi connectivity index (χ3v) is 5.11. The van der Waals surface area contributed by atoms with Crippen LogP contribution in [0.1, 0.15) is 11.3 Å². The monoisotopic (exact) mass is 434 g/mol. The smallest absolute Gasteiger partial charge is 0.332 e. The van der Waals surface area contributed by atoms with E-state index in [0.29, 0.717) is 22.8 Å². The maximum absolute atomic E-state index is 13.3. The molecule has 5 rings (SSSR count). The van der Waals surface area contributed by atoms with Crippen molar-refractivity contribution in [3.63, 3.8) is 0 Å². The van der Waals surface area contributed by atoms with Gasteiger partial charge in [-0.05, 0) is 42.0 Å². The van der Waals surface area contributed by atoms with E-state index in [0.717, 1.165) is 4.57 Å². The lowest BCUT2D eigenvalue weighted by molar-refractivity contribution is -0.121. The van der Waals surface area contributed by atoms with E-state index in [2.05, 4.69) is 10.3 Å². The minimum absolute atomic E-state index is 0.00512. The number of amides is 1. The molecule has 0 atom stereocenters. The van der Waals surface area contributed by atoms with Gasteiger partial charge in [0.1, 0.15) is 12.3 Å². The highest BCUT2D eigenvalue weighted by Crippen LogP contribution is 2.32. The zero-order chi connectivity index (χ0) is 22.1. The van der Waals surface area contributed by atoms with Crippen LogP contribution in [0.15, 0.2) is 68.9 Å². The number of hydrogen-bond acceptors (Lipinski definition) is 7. The van der Waals surface area contributed by atoms with Crippen molar-refractivity contribution in [2.75, 3.05) is 6.79 Å². The summed E-state index contributed by atoms with van der Waals surface area (Å²) in [5.74, 6) is 1.34. The van der Waals surface area contributed by atoms with Crippen LogP contribution in [0.3, 0.4) is 0 Å². The van der Waals surface area contributed by atoms with Crippen molar-refractivity contribution in [3.8, 4) is 11.5 Å². The Bertz CT molecular complexity index is 1420. The van der Waals surface area contributed by atoms with Crippen LogP contribution in [0.25, 0.3) is 11.0 Å². The van der Waals surface area contributed by atoms with E-state index in [-0.39, 0.29) is 37.5 Å². The molecule has 0 spiro atoms. The lowest BCUT2D eigenvalue weighted by Gasteiger charge is -2.14. The first kappa shape index (κ1) is 19.6. The van der Waals surface area contributed by atoms with Gasteiger partial charge in [0.05, 0.1) is 24.9 Å². The molecule has 1 amide bonds. The summed E-state index contributed by atoms with van der Waals surface area (Å²) in [7, 11) is 0. The molecule has 0 saturated carbocycles. The Kier molecular flexibility index (Phi) is 4.94. The number of nitrogens with zero attached hydrogens (tertiary/aromatic N) is 3. The van der Waals surface area contributed by atoms with E-state index in [4.69, 9.17) is 13.9 Å². The van der Waals surface area contributed by atoms with Gasteiger partial charge in [0.2, 0.25) is 12.7 Å². The van der Waals surface area contributed by atoms with E-state index in [1.54, 1.807) is 42.5 Å². The van der Waals surface area contributed by atoms with Gasteiger partial charge < -0.3 is 19.2 Å². The molecule has 0 unspecified atom stereocenters. The highest BCUT2D eigenvalue weighted by atomic mass is 16.7. The highest BCUT2D eigenvalue weighted by molar-refractivity contribution is 5.79.